The van der Waals surface area contributed by atoms with Crippen LogP contribution in [-0.4, -0.2) is 21.1 Å². The summed E-state index contributed by atoms with van der Waals surface area (Å²) >= 11 is 0. The van der Waals surface area contributed by atoms with Crippen molar-refractivity contribution in [3.63, 3.8) is 0 Å². The minimum Gasteiger partial charge on any atom is -0.502 e. The summed E-state index contributed by atoms with van der Waals surface area (Å²) < 4.78 is 25.9. The van der Waals surface area contributed by atoms with Gasteiger partial charge in [0.1, 0.15) is 0 Å². The van der Waals surface area contributed by atoms with Gasteiger partial charge in [0.05, 0.1) is 4.92 Å². The number of phenols is 1. The van der Waals surface area contributed by atoms with Gasteiger partial charge in [-0.3, -0.25) is 10.1 Å². The molecule has 0 aliphatic rings. The molecule has 8 heteroatoms. The van der Waals surface area contributed by atoms with E-state index in [1.807, 2.05) is 0 Å². The number of nitro groups is 1. The van der Waals surface area contributed by atoms with Gasteiger partial charge < -0.3 is 10.2 Å². The summed E-state index contributed by atoms with van der Waals surface area (Å²) in [5.41, 5.74) is -2.04. The predicted octanol–water partition coefficient (Wildman–Crippen LogP) is 1.48. The molecule has 0 fully saturated rings. The van der Waals surface area contributed by atoms with Crippen molar-refractivity contribution in [3.05, 3.63) is 33.9 Å². The fourth-order valence-electron chi connectivity index (χ4n) is 0.988. The lowest BCUT2D eigenvalue weighted by molar-refractivity contribution is -0.386. The van der Waals surface area contributed by atoms with Crippen LogP contribution in [0.2, 0.25) is 0 Å². The van der Waals surface area contributed by atoms with Crippen LogP contribution >= 0.6 is 0 Å². The second-order valence-corrected chi connectivity index (χ2v) is 2.84. The molecule has 6 nitrogen and oxygen atoms in total. The van der Waals surface area contributed by atoms with Gasteiger partial charge in [-0.25, -0.2) is 4.79 Å². The fourth-order valence-corrected chi connectivity index (χ4v) is 0.988. The first-order chi connectivity index (χ1) is 7.26. The van der Waals surface area contributed by atoms with Crippen molar-refractivity contribution in [2.24, 2.45) is 0 Å². The van der Waals surface area contributed by atoms with E-state index < -0.39 is 33.8 Å². The monoisotopic (exact) mass is 233 g/mol. The largest absolute Gasteiger partial charge is 0.502 e. The molecule has 0 bridgehead atoms. The highest BCUT2D eigenvalue weighted by atomic mass is 19.3. The molecule has 86 valence electrons. The van der Waals surface area contributed by atoms with Crippen molar-refractivity contribution in [2.45, 2.75) is 5.92 Å². The number of benzene rings is 1. The van der Waals surface area contributed by atoms with E-state index in [9.17, 15) is 23.7 Å². The third-order valence-corrected chi connectivity index (χ3v) is 1.80. The van der Waals surface area contributed by atoms with Gasteiger partial charge in [0.15, 0.2) is 5.75 Å². The Balaban J connectivity index is 3.33. The number of hydrogen-bond acceptors (Lipinski definition) is 4. The molecular formula is C8H5F2NO5. The third kappa shape index (κ3) is 1.90. The normalized spacial score (nSPS) is 11.1. The van der Waals surface area contributed by atoms with Crippen molar-refractivity contribution < 1.29 is 28.7 Å². The number of aliphatic carboxylic acids is 1. The molecule has 0 spiro atoms. The first-order valence-electron chi connectivity index (χ1n) is 3.86. The average molecular weight is 233 g/mol. The smallest absolute Gasteiger partial charge is 0.379 e. The Labute approximate surface area is 86.9 Å². The lowest BCUT2D eigenvalue weighted by Crippen LogP contribution is -2.25. The van der Waals surface area contributed by atoms with E-state index in [0.717, 1.165) is 0 Å². The summed E-state index contributed by atoms with van der Waals surface area (Å²) in [4.78, 5) is 19.4. The molecule has 0 amide bonds. The second-order valence-electron chi connectivity index (χ2n) is 2.84. The number of carboxylic acids is 1. The highest BCUT2D eigenvalue weighted by molar-refractivity contribution is 5.77. The summed E-state index contributed by atoms with van der Waals surface area (Å²) in [6, 6.07) is 1.57. The molecule has 0 aromatic heterocycles. The first kappa shape index (κ1) is 11.8. The molecule has 0 saturated heterocycles. The van der Waals surface area contributed by atoms with Gasteiger partial charge in [0, 0.05) is 11.6 Å². The van der Waals surface area contributed by atoms with Gasteiger partial charge in [-0.05, 0) is 12.1 Å². The summed E-state index contributed by atoms with van der Waals surface area (Å²) in [6.07, 6.45) is 0. The Bertz CT molecular complexity index is 460. The van der Waals surface area contributed by atoms with Crippen LogP contribution in [-0.2, 0) is 10.7 Å². The molecule has 16 heavy (non-hydrogen) atoms. The van der Waals surface area contributed by atoms with Gasteiger partial charge >= 0.3 is 17.6 Å². The van der Waals surface area contributed by atoms with E-state index in [2.05, 4.69) is 0 Å². The maximum Gasteiger partial charge on any atom is 0.379 e. The molecule has 0 aliphatic heterocycles. The van der Waals surface area contributed by atoms with Crippen LogP contribution in [0.3, 0.4) is 0 Å². The summed E-state index contributed by atoms with van der Waals surface area (Å²) in [5, 5.41) is 27.5. The predicted molar refractivity (Wildman–Crippen MR) is 46.3 cm³/mol. The van der Waals surface area contributed by atoms with Gasteiger partial charge in [-0.1, -0.05) is 0 Å². The van der Waals surface area contributed by atoms with Gasteiger partial charge in [0.2, 0.25) is 0 Å². The third-order valence-electron chi connectivity index (χ3n) is 1.80. The molecule has 0 saturated carbocycles. The number of rotatable bonds is 3. The van der Waals surface area contributed by atoms with Crippen molar-refractivity contribution in [3.8, 4) is 5.75 Å². The number of hydrogen-bond donors (Lipinski definition) is 2. The molecule has 1 aromatic rings. The molecule has 0 heterocycles. The number of phenolic OH excluding ortho intramolecular Hbond substituents is 1. The first-order valence-corrected chi connectivity index (χ1v) is 3.86. The zero-order valence-corrected chi connectivity index (χ0v) is 7.55. The lowest BCUT2D eigenvalue weighted by atomic mass is 10.1. The number of carbonyl (C=O) groups is 1. The summed E-state index contributed by atoms with van der Waals surface area (Å²) in [5.74, 6) is -7.47. The number of aromatic hydroxyl groups is 1. The molecule has 0 atom stereocenters. The Hall–Kier alpha value is -2.25. The van der Waals surface area contributed by atoms with Crippen molar-refractivity contribution in [1.29, 1.82) is 0 Å². The van der Waals surface area contributed by atoms with E-state index in [1.165, 1.54) is 0 Å². The van der Waals surface area contributed by atoms with Crippen LogP contribution in [0.15, 0.2) is 18.2 Å². The maximum atomic E-state index is 12.9. The Morgan fingerprint density at radius 1 is 1.44 bits per heavy atom. The Morgan fingerprint density at radius 3 is 2.44 bits per heavy atom. The number of nitrogens with zero attached hydrogens (tertiary/aromatic N) is 1. The van der Waals surface area contributed by atoms with E-state index in [-0.39, 0.29) is 0 Å². The molecule has 0 radical (unpaired) electrons. The van der Waals surface area contributed by atoms with Crippen LogP contribution in [0.5, 0.6) is 5.75 Å². The minimum atomic E-state index is -4.24. The van der Waals surface area contributed by atoms with Crippen LogP contribution in [0.25, 0.3) is 0 Å². The lowest BCUT2D eigenvalue weighted by Gasteiger charge is -2.10. The number of carboxylic acid groups (broad SMARTS) is 1. The Morgan fingerprint density at radius 2 is 2.00 bits per heavy atom. The molecule has 1 rings (SSSR count). The number of halogens is 2. The highest BCUT2D eigenvalue weighted by Crippen LogP contribution is 2.34. The van der Waals surface area contributed by atoms with E-state index in [4.69, 9.17) is 10.2 Å². The minimum absolute atomic E-state index is 0.323. The van der Waals surface area contributed by atoms with Crippen molar-refractivity contribution >= 4 is 11.7 Å². The molecular weight excluding hydrogens is 228 g/mol. The fraction of sp³-hybridized carbons (Fsp3) is 0.125. The summed E-state index contributed by atoms with van der Waals surface area (Å²) in [6.45, 7) is 0. The van der Waals surface area contributed by atoms with Crippen LogP contribution in [0.1, 0.15) is 5.56 Å². The van der Waals surface area contributed by atoms with Gasteiger partial charge in [0.25, 0.3) is 0 Å². The highest BCUT2D eigenvalue weighted by Gasteiger charge is 2.42. The van der Waals surface area contributed by atoms with E-state index >= 15 is 0 Å². The van der Waals surface area contributed by atoms with E-state index in [0.29, 0.717) is 18.2 Å². The standard InChI is InChI=1S/C8H5F2NO5/c9-8(10,7(13)14)4-1-2-6(12)5(3-4)11(15)16/h1-3,12H,(H,13,14). The Kier molecular flexibility index (Phi) is 2.75. The molecule has 1 aromatic carbocycles. The second kappa shape index (κ2) is 3.72. The molecule has 0 unspecified atom stereocenters. The van der Waals surface area contributed by atoms with Crippen molar-refractivity contribution in [1.82, 2.24) is 0 Å². The average Bonchev–Trinajstić information content (AvgIpc) is 2.17. The SMILES string of the molecule is O=C(O)C(F)(F)c1ccc(O)c([N+](=O)[O-])c1. The van der Waals surface area contributed by atoms with Crippen LogP contribution < -0.4 is 0 Å². The number of nitro benzene ring substituents is 1. The van der Waals surface area contributed by atoms with Crippen molar-refractivity contribution in [2.75, 3.05) is 0 Å². The van der Waals surface area contributed by atoms with Gasteiger partial charge in [-0.2, -0.15) is 8.78 Å². The van der Waals surface area contributed by atoms with Crippen LogP contribution in [0.4, 0.5) is 14.5 Å². The quantitative estimate of drug-likeness (QED) is 0.608. The van der Waals surface area contributed by atoms with Crippen LogP contribution in [0, 0.1) is 10.1 Å². The van der Waals surface area contributed by atoms with Gasteiger partial charge in [-0.15, -0.1) is 0 Å². The molecule has 2 N–H and O–H groups in total. The topological polar surface area (TPSA) is 101 Å². The zero-order chi connectivity index (χ0) is 12.5. The van der Waals surface area contributed by atoms with E-state index in [1.54, 1.807) is 0 Å². The number of alkyl halides is 2. The zero-order valence-electron chi connectivity index (χ0n) is 7.55. The molecule has 0 aliphatic carbocycles. The summed E-state index contributed by atoms with van der Waals surface area (Å²) in [7, 11) is 0. The maximum absolute atomic E-state index is 12.9.